The normalized spacial score (nSPS) is 10.9. The highest BCUT2D eigenvalue weighted by Gasteiger charge is 2.14. The molecule has 0 bridgehead atoms. The largest absolute Gasteiger partial charge is 0.360 e. The van der Waals surface area contributed by atoms with E-state index in [1.54, 1.807) is 6.20 Å². The molecule has 0 unspecified atom stereocenters. The van der Waals surface area contributed by atoms with Crippen LogP contribution >= 0.6 is 11.3 Å². The fraction of sp³-hybridized carbons (Fsp3) is 0.200. The van der Waals surface area contributed by atoms with Crippen LogP contribution in [-0.2, 0) is 6.42 Å². The number of nitrogens with one attached hydrogen (secondary N) is 2. The van der Waals surface area contributed by atoms with Crippen molar-refractivity contribution in [3.8, 4) is 0 Å². The molecule has 2 aromatic heterocycles. The molecule has 0 atom stereocenters. The van der Waals surface area contributed by atoms with Gasteiger partial charge in [-0.05, 0) is 19.4 Å². The first-order valence-electron chi connectivity index (χ1n) is 6.52. The smallest absolute Gasteiger partial charge is 0.259 e. The van der Waals surface area contributed by atoms with Gasteiger partial charge in [0, 0.05) is 22.0 Å². The summed E-state index contributed by atoms with van der Waals surface area (Å²) in [7, 11) is 0. The van der Waals surface area contributed by atoms with Crippen molar-refractivity contribution in [1.82, 2.24) is 9.97 Å². The average molecular weight is 285 g/mol. The highest BCUT2D eigenvalue weighted by atomic mass is 32.1. The molecule has 0 fully saturated rings. The molecule has 3 rings (SSSR count). The van der Waals surface area contributed by atoms with E-state index >= 15 is 0 Å². The Balaban J connectivity index is 1.89. The van der Waals surface area contributed by atoms with Gasteiger partial charge in [-0.2, -0.15) is 0 Å². The van der Waals surface area contributed by atoms with Crippen LogP contribution in [0.2, 0.25) is 0 Å². The van der Waals surface area contributed by atoms with Gasteiger partial charge in [-0.3, -0.25) is 10.1 Å². The molecule has 20 heavy (non-hydrogen) atoms. The van der Waals surface area contributed by atoms with Crippen molar-refractivity contribution < 1.29 is 4.79 Å². The summed E-state index contributed by atoms with van der Waals surface area (Å²) in [6.07, 6.45) is 2.62. The number of carbonyl (C=O) groups excluding carboxylic acids is 1. The molecule has 1 amide bonds. The molecule has 1 aromatic carbocycles. The Hall–Kier alpha value is -2.14. The summed E-state index contributed by atoms with van der Waals surface area (Å²) in [5.41, 5.74) is 2.65. The number of rotatable bonds is 3. The molecule has 0 radical (unpaired) electrons. The zero-order valence-electron chi connectivity index (χ0n) is 11.4. The lowest BCUT2D eigenvalue weighted by Crippen LogP contribution is -2.11. The summed E-state index contributed by atoms with van der Waals surface area (Å²) < 4.78 is 0. The summed E-state index contributed by atoms with van der Waals surface area (Å²) in [4.78, 5) is 21.0. The van der Waals surface area contributed by atoms with E-state index in [2.05, 4.69) is 22.2 Å². The number of nitrogens with zero attached hydrogens (tertiary/aromatic N) is 1. The standard InChI is InChI=1S/C15H15N3OS/c1-3-12-9(2)20-15(17-12)18-14(19)11-8-16-13-7-5-4-6-10(11)13/h4-8,16H,3H2,1-2H3,(H,17,18,19). The summed E-state index contributed by atoms with van der Waals surface area (Å²) in [6.45, 7) is 4.09. The van der Waals surface area contributed by atoms with Crippen LogP contribution in [0.4, 0.5) is 5.13 Å². The minimum atomic E-state index is -0.126. The van der Waals surface area contributed by atoms with E-state index < -0.39 is 0 Å². The van der Waals surface area contributed by atoms with Crippen molar-refractivity contribution >= 4 is 33.3 Å². The summed E-state index contributed by atoms with van der Waals surface area (Å²) in [5, 5.41) is 4.47. The van der Waals surface area contributed by atoms with Crippen molar-refractivity contribution in [2.75, 3.05) is 5.32 Å². The fourth-order valence-corrected chi connectivity index (χ4v) is 3.13. The monoisotopic (exact) mass is 285 g/mol. The second-order valence-electron chi connectivity index (χ2n) is 4.58. The molecular weight excluding hydrogens is 270 g/mol. The molecule has 0 saturated carbocycles. The lowest BCUT2D eigenvalue weighted by molar-refractivity contribution is 0.102. The van der Waals surface area contributed by atoms with Gasteiger partial charge < -0.3 is 4.98 Å². The number of H-pyrrole nitrogens is 1. The molecule has 5 heteroatoms. The summed E-state index contributed by atoms with van der Waals surface area (Å²) in [6, 6.07) is 7.76. The maximum atomic E-state index is 12.3. The third kappa shape index (κ3) is 2.20. The maximum Gasteiger partial charge on any atom is 0.259 e. The Morgan fingerprint density at radius 1 is 1.40 bits per heavy atom. The van der Waals surface area contributed by atoms with Crippen molar-refractivity contribution in [1.29, 1.82) is 0 Å². The van der Waals surface area contributed by atoms with Crippen LogP contribution in [0.15, 0.2) is 30.5 Å². The van der Waals surface area contributed by atoms with Crippen LogP contribution < -0.4 is 5.32 Å². The Morgan fingerprint density at radius 3 is 2.95 bits per heavy atom. The first-order valence-corrected chi connectivity index (χ1v) is 7.34. The molecule has 3 aromatic rings. The highest BCUT2D eigenvalue weighted by Crippen LogP contribution is 2.24. The quantitative estimate of drug-likeness (QED) is 0.770. The van der Waals surface area contributed by atoms with Crippen LogP contribution in [0, 0.1) is 6.92 Å². The van der Waals surface area contributed by atoms with Gasteiger partial charge in [0.2, 0.25) is 0 Å². The van der Waals surface area contributed by atoms with Crippen LogP contribution in [0.3, 0.4) is 0 Å². The van der Waals surface area contributed by atoms with Gasteiger partial charge in [-0.15, -0.1) is 11.3 Å². The van der Waals surface area contributed by atoms with Gasteiger partial charge in [0.25, 0.3) is 5.91 Å². The molecule has 4 nitrogen and oxygen atoms in total. The average Bonchev–Trinajstić information content (AvgIpc) is 3.02. The molecule has 0 aliphatic rings. The number of aromatic amines is 1. The lowest BCUT2D eigenvalue weighted by Gasteiger charge is -1.99. The van der Waals surface area contributed by atoms with E-state index in [0.29, 0.717) is 10.7 Å². The SMILES string of the molecule is CCc1nc(NC(=O)c2c[nH]c3ccccc23)sc1C. The van der Waals surface area contributed by atoms with Gasteiger partial charge in [0.05, 0.1) is 11.3 Å². The Labute approximate surface area is 120 Å². The topological polar surface area (TPSA) is 57.8 Å². The number of aromatic nitrogens is 2. The number of anilines is 1. The first-order chi connectivity index (χ1) is 9.69. The van der Waals surface area contributed by atoms with Gasteiger partial charge in [-0.1, -0.05) is 25.1 Å². The molecule has 0 spiro atoms. The molecule has 0 aliphatic carbocycles. The molecule has 2 N–H and O–H groups in total. The molecule has 102 valence electrons. The maximum absolute atomic E-state index is 12.3. The number of thiazole rings is 1. The van der Waals surface area contributed by atoms with Crippen molar-refractivity contribution in [2.45, 2.75) is 20.3 Å². The predicted octanol–water partition coefficient (Wildman–Crippen LogP) is 3.75. The second kappa shape index (κ2) is 5.09. The number of para-hydroxylation sites is 1. The van der Waals surface area contributed by atoms with E-state index in [-0.39, 0.29) is 5.91 Å². The fourth-order valence-electron chi connectivity index (χ4n) is 2.23. The Bertz CT molecular complexity index is 772. The number of amides is 1. The molecule has 0 aliphatic heterocycles. The lowest BCUT2D eigenvalue weighted by atomic mass is 10.2. The number of aryl methyl sites for hydroxylation is 2. The number of hydrogen-bond acceptors (Lipinski definition) is 3. The van der Waals surface area contributed by atoms with E-state index in [4.69, 9.17) is 0 Å². The number of carbonyl (C=O) groups is 1. The van der Waals surface area contributed by atoms with Gasteiger partial charge in [0.15, 0.2) is 5.13 Å². The van der Waals surface area contributed by atoms with Crippen molar-refractivity contribution in [2.24, 2.45) is 0 Å². The third-order valence-corrected chi connectivity index (χ3v) is 4.21. The van der Waals surface area contributed by atoms with Crippen LogP contribution in [0.1, 0.15) is 27.9 Å². The van der Waals surface area contributed by atoms with Crippen molar-refractivity contribution in [3.05, 3.63) is 46.6 Å². The zero-order valence-corrected chi connectivity index (χ0v) is 12.2. The van der Waals surface area contributed by atoms with Gasteiger partial charge >= 0.3 is 0 Å². The van der Waals surface area contributed by atoms with E-state index in [1.807, 2.05) is 31.2 Å². The van der Waals surface area contributed by atoms with Gasteiger partial charge in [-0.25, -0.2) is 4.98 Å². The Kier molecular flexibility index (Phi) is 3.28. The van der Waals surface area contributed by atoms with Crippen LogP contribution in [0.25, 0.3) is 10.9 Å². The number of hydrogen-bond donors (Lipinski definition) is 2. The highest BCUT2D eigenvalue weighted by molar-refractivity contribution is 7.15. The number of benzene rings is 1. The van der Waals surface area contributed by atoms with Gasteiger partial charge in [0.1, 0.15) is 0 Å². The third-order valence-electron chi connectivity index (χ3n) is 3.28. The van der Waals surface area contributed by atoms with Crippen molar-refractivity contribution in [3.63, 3.8) is 0 Å². The van der Waals surface area contributed by atoms with E-state index in [1.165, 1.54) is 11.3 Å². The second-order valence-corrected chi connectivity index (χ2v) is 5.78. The minimum absolute atomic E-state index is 0.126. The first kappa shape index (κ1) is 12.9. The molecular formula is C15H15N3OS. The van der Waals surface area contributed by atoms with E-state index in [0.717, 1.165) is 27.9 Å². The summed E-state index contributed by atoms with van der Waals surface area (Å²) in [5.74, 6) is -0.126. The Morgan fingerprint density at radius 2 is 2.20 bits per heavy atom. The van der Waals surface area contributed by atoms with Crippen LogP contribution in [-0.4, -0.2) is 15.9 Å². The molecule has 2 heterocycles. The van der Waals surface area contributed by atoms with Crippen LogP contribution in [0.5, 0.6) is 0 Å². The zero-order chi connectivity index (χ0) is 14.1. The minimum Gasteiger partial charge on any atom is -0.360 e. The molecule has 0 saturated heterocycles. The number of fused-ring (bicyclic) bond motifs is 1. The summed E-state index contributed by atoms with van der Waals surface area (Å²) >= 11 is 1.52. The predicted molar refractivity (Wildman–Crippen MR) is 82.5 cm³/mol. The van der Waals surface area contributed by atoms with E-state index in [9.17, 15) is 4.79 Å².